The van der Waals surface area contributed by atoms with Gasteiger partial charge in [-0.25, -0.2) is 0 Å². The molecule has 0 spiro atoms. The predicted molar refractivity (Wildman–Crippen MR) is 157 cm³/mol. The second-order valence-electron chi connectivity index (χ2n) is 13.8. The molecule has 3 fully saturated rings. The number of aliphatic imine (C=N–C) groups is 1. The molecule has 1 saturated heterocycles. The number of hydrogen-bond donors (Lipinski definition) is 3. The van der Waals surface area contributed by atoms with Crippen molar-refractivity contribution in [2.75, 3.05) is 4.43 Å². The van der Waals surface area contributed by atoms with Crippen molar-refractivity contribution < 1.29 is 24.0 Å². The number of nitrogens with one attached hydrogen (secondary N) is 3. The summed E-state index contributed by atoms with van der Waals surface area (Å²) in [5.74, 6) is -1.38. The number of nitrogens with zero attached hydrogens (tertiary/aromatic N) is 1. The van der Waals surface area contributed by atoms with E-state index in [-0.39, 0.29) is 32.9 Å². The maximum absolute atomic E-state index is 14.1. The van der Waals surface area contributed by atoms with Gasteiger partial charge in [-0.15, -0.1) is 0 Å². The summed E-state index contributed by atoms with van der Waals surface area (Å²) in [5, 5.41) is 8.67. The number of halogens is 1. The van der Waals surface area contributed by atoms with E-state index in [4.69, 9.17) is 0 Å². The van der Waals surface area contributed by atoms with Crippen molar-refractivity contribution in [2.45, 2.75) is 103 Å². The van der Waals surface area contributed by atoms with Crippen LogP contribution in [0.5, 0.6) is 0 Å². The van der Waals surface area contributed by atoms with E-state index < -0.39 is 64.5 Å². The van der Waals surface area contributed by atoms with Crippen molar-refractivity contribution in [3.63, 3.8) is 0 Å². The van der Waals surface area contributed by atoms with Crippen LogP contribution in [0.3, 0.4) is 0 Å². The van der Waals surface area contributed by atoms with Gasteiger partial charge in [-0.2, -0.15) is 0 Å². The van der Waals surface area contributed by atoms with Crippen molar-refractivity contribution in [3.05, 3.63) is 0 Å². The normalized spacial score (nSPS) is 26.7. The minimum absolute atomic E-state index is 0.0142. The molecule has 4 amide bonds. The quantitative estimate of drug-likeness (QED) is 0.116. The fraction of sp³-hybridized carbons (Fsp3) is 0.786. The number of amides is 4. The number of rotatable bonds is 9. The van der Waals surface area contributed by atoms with E-state index in [1.807, 2.05) is 41.5 Å². The van der Waals surface area contributed by atoms with Crippen LogP contribution in [0, 0.1) is 28.6 Å². The molecule has 0 aromatic rings. The third-order valence-electron chi connectivity index (χ3n) is 8.20. The number of carbonyl (C=O) groups excluding carboxylic acids is 5. The number of ketones is 1. The fourth-order valence-electron chi connectivity index (χ4n) is 5.61. The zero-order chi connectivity index (χ0) is 28.8. The molecule has 2 aliphatic carbocycles. The van der Waals surface area contributed by atoms with Crippen LogP contribution in [-0.4, -0.2) is 60.1 Å². The van der Waals surface area contributed by atoms with Crippen LogP contribution >= 0.6 is 19.8 Å². The number of Topliss-reactive ketones (excluding diaryl/α,β-unsaturated/α-hetero) is 1. The van der Waals surface area contributed by atoms with Gasteiger partial charge in [0.1, 0.15) is 0 Å². The Hall–Kier alpha value is -1.85. The van der Waals surface area contributed by atoms with Gasteiger partial charge in [0.05, 0.1) is 0 Å². The molecule has 214 valence electrons. The Kier molecular flexibility index (Phi) is 8.85. The standard InChI is InChI=1S/C28H45IN4O5/c1-26(2,3)21(32-25(38)33-27(4,5)6)22(35)29-14-16-18(28(16,7)8)19(29)23(36)31-17(13-15-11-10-12-15)20(34)24(37)30-9/h15-19,21H,9-14H2,1-8H3,(H,31,36)(H2,32,33,38)/t16?,17-,18-,19-,21+/m0/s1. The average Bonchev–Trinajstić information content (AvgIpc) is 3.08. The summed E-state index contributed by atoms with van der Waals surface area (Å²) >= 11 is -2.61. The number of urea groups is 1. The molecular weight excluding hydrogens is 599 g/mol. The zero-order valence-electron chi connectivity index (χ0n) is 24.1. The van der Waals surface area contributed by atoms with Crippen molar-refractivity contribution in [3.8, 4) is 0 Å². The Morgan fingerprint density at radius 2 is 1.63 bits per heavy atom. The van der Waals surface area contributed by atoms with E-state index in [1.54, 1.807) is 0 Å². The molecule has 9 nitrogen and oxygen atoms in total. The van der Waals surface area contributed by atoms with Crippen LogP contribution in [0.1, 0.15) is 81.1 Å². The van der Waals surface area contributed by atoms with E-state index in [9.17, 15) is 24.0 Å². The van der Waals surface area contributed by atoms with Crippen molar-refractivity contribution >= 4 is 54.0 Å². The summed E-state index contributed by atoms with van der Waals surface area (Å²) in [4.78, 5) is 68.9. The fourth-order valence-corrected chi connectivity index (χ4v) is 15.1. The number of fused-ring (bicyclic) bond motifs is 1. The Labute approximate surface area is 233 Å². The zero-order valence-corrected chi connectivity index (χ0v) is 26.2. The number of hydrogen-bond acceptors (Lipinski definition) is 5. The van der Waals surface area contributed by atoms with E-state index in [1.165, 1.54) is 0 Å². The summed E-state index contributed by atoms with van der Waals surface area (Å²) in [6.07, 6.45) is 3.39. The van der Waals surface area contributed by atoms with E-state index in [2.05, 4.69) is 41.5 Å². The third kappa shape index (κ3) is 6.65. The van der Waals surface area contributed by atoms with Gasteiger partial charge in [0, 0.05) is 0 Å². The third-order valence-corrected chi connectivity index (χ3v) is 15.0. The van der Waals surface area contributed by atoms with Gasteiger partial charge in [-0.3, -0.25) is 0 Å². The topological polar surface area (TPSA) is 134 Å². The monoisotopic (exact) mass is 644 g/mol. The Bertz CT molecular complexity index is 1010. The summed E-state index contributed by atoms with van der Waals surface area (Å²) in [7, 11) is 0. The molecular formula is C28H45IN4O5. The van der Waals surface area contributed by atoms with Crippen LogP contribution in [0.15, 0.2) is 4.99 Å². The first-order valence-corrected chi connectivity index (χ1v) is 17.4. The predicted octanol–water partition coefficient (Wildman–Crippen LogP) is 3.66. The molecule has 3 aliphatic rings. The SMILES string of the molecule is C=NC(=O)C(=O)[C@H](CC1CCC1)NC(=O)[C@@H]1[C@@H]2C(CI1C(=O)[C@@H](NC(=O)NC(C)(C)C)C(C)(C)C)C2(C)C. The number of alkyl halides is 2. The first-order chi connectivity index (χ1) is 17.4. The summed E-state index contributed by atoms with van der Waals surface area (Å²) in [6.45, 7) is 18.8. The molecule has 0 aromatic carbocycles. The summed E-state index contributed by atoms with van der Waals surface area (Å²) in [6, 6.07) is -2.09. The molecule has 0 aromatic heterocycles. The van der Waals surface area contributed by atoms with Crippen LogP contribution in [0.25, 0.3) is 0 Å². The minimum atomic E-state index is -2.61. The average molecular weight is 645 g/mol. The van der Waals surface area contributed by atoms with Crippen molar-refractivity contribution in [1.29, 1.82) is 0 Å². The van der Waals surface area contributed by atoms with Gasteiger partial charge < -0.3 is 0 Å². The molecule has 3 N–H and O–H groups in total. The van der Waals surface area contributed by atoms with Gasteiger partial charge in [0.2, 0.25) is 0 Å². The molecule has 0 radical (unpaired) electrons. The molecule has 1 unspecified atom stereocenters. The van der Waals surface area contributed by atoms with Crippen LogP contribution in [0.4, 0.5) is 4.79 Å². The number of carbonyl (C=O) groups is 5. The first kappa shape index (κ1) is 30.7. The molecule has 5 atom stereocenters. The Balaban J connectivity index is 1.84. The Morgan fingerprint density at radius 3 is 2.11 bits per heavy atom. The summed E-state index contributed by atoms with van der Waals surface area (Å²) < 4.78 is 0.217. The van der Waals surface area contributed by atoms with Crippen LogP contribution in [-0.2, 0) is 19.2 Å². The molecule has 1 heterocycles. The molecule has 3 rings (SSSR count). The van der Waals surface area contributed by atoms with E-state index in [0.29, 0.717) is 10.8 Å². The molecule has 2 saturated carbocycles. The molecule has 1 aliphatic heterocycles. The van der Waals surface area contributed by atoms with Gasteiger partial charge in [-0.05, 0) is 0 Å². The van der Waals surface area contributed by atoms with E-state index in [0.717, 1.165) is 19.3 Å². The van der Waals surface area contributed by atoms with Gasteiger partial charge >= 0.3 is 235 Å². The van der Waals surface area contributed by atoms with E-state index >= 15 is 0 Å². The van der Waals surface area contributed by atoms with Crippen LogP contribution < -0.4 is 16.0 Å². The van der Waals surface area contributed by atoms with Crippen molar-refractivity contribution in [2.24, 2.45) is 33.6 Å². The van der Waals surface area contributed by atoms with Gasteiger partial charge in [0.15, 0.2) is 0 Å². The maximum atomic E-state index is 14.1. The van der Waals surface area contributed by atoms with Crippen LogP contribution in [0.2, 0.25) is 0 Å². The Morgan fingerprint density at radius 1 is 1.03 bits per heavy atom. The molecule has 38 heavy (non-hydrogen) atoms. The summed E-state index contributed by atoms with van der Waals surface area (Å²) in [5.41, 5.74) is -1.07. The first-order valence-electron chi connectivity index (χ1n) is 13.5. The van der Waals surface area contributed by atoms with Gasteiger partial charge in [-0.1, -0.05) is 0 Å². The van der Waals surface area contributed by atoms with Gasteiger partial charge in [0.25, 0.3) is 0 Å². The van der Waals surface area contributed by atoms with Crippen molar-refractivity contribution in [1.82, 2.24) is 16.0 Å². The second kappa shape index (κ2) is 11.0. The second-order valence-corrected chi connectivity index (χ2v) is 19.3. The molecule has 10 heteroatoms. The molecule has 0 bridgehead atoms.